The molecule has 0 heterocycles. The zero-order valence-corrected chi connectivity index (χ0v) is 10.3. The van der Waals surface area contributed by atoms with Crippen LogP contribution in [0.5, 0.6) is 0 Å². The van der Waals surface area contributed by atoms with Crippen molar-refractivity contribution < 1.29 is 48.0 Å². The topological polar surface area (TPSA) is 0 Å². The molecule has 0 spiro atoms. The van der Waals surface area contributed by atoms with E-state index >= 15 is 0 Å². The first-order chi connectivity index (χ1) is 2.00. The molecule has 0 atom stereocenters. The zero-order valence-electron chi connectivity index (χ0n) is 4.83. The molecule has 0 saturated carbocycles. The van der Waals surface area contributed by atoms with Crippen LogP contribution in [0.3, 0.4) is 0 Å². The molecule has 0 aromatic carbocycles. The van der Waals surface area contributed by atoms with Crippen molar-refractivity contribution in [3.63, 3.8) is 0 Å². The average Bonchev–Trinajstić information content (AvgIpc) is 0.722. The summed E-state index contributed by atoms with van der Waals surface area (Å²) in [4.78, 5) is 0. The fourth-order valence-electron chi connectivity index (χ4n) is 0. The maximum absolute atomic E-state index is 2.72. The van der Waals surface area contributed by atoms with E-state index < -0.39 is 0 Å². The van der Waals surface area contributed by atoms with Crippen LogP contribution in [-0.4, -0.2) is 16.3 Å². The van der Waals surface area contributed by atoms with Crippen LogP contribution in [-0.2, 0) is 0 Å². The van der Waals surface area contributed by atoms with Crippen molar-refractivity contribution in [2.24, 2.45) is 0 Å². The summed E-state index contributed by atoms with van der Waals surface area (Å²) < 4.78 is 0.417. The van der Waals surface area contributed by atoms with E-state index in [2.05, 4.69) is 37.1 Å². The summed E-state index contributed by atoms with van der Waals surface area (Å²) in [6.45, 7) is 6.45. The van der Waals surface area contributed by atoms with Gasteiger partial charge in [0, 0.05) is 0 Å². The van der Waals surface area contributed by atoms with Gasteiger partial charge in [-0.15, -0.1) is 0 Å². The van der Waals surface area contributed by atoms with Crippen LogP contribution in [0.15, 0.2) is 0 Å². The summed E-state index contributed by atoms with van der Waals surface area (Å²) in [6.07, 6.45) is 0. The Morgan fingerprint density at radius 1 is 1.00 bits per heavy atom. The predicted octanol–water partition coefficient (Wildman–Crippen LogP) is -4.62. The first-order valence-corrected chi connectivity index (χ1v) is 2.37. The second-order valence-electron chi connectivity index (χ2n) is 2.37. The molecule has 0 aromatic heterocycles. The average molecular weight is 338 g/mol. The van der Waals surface area contributed by atoms with Crippen LogP contribution < -0.4 is 48.0 Å². The molecule has 0 amide bonds. The normalized spacial score (nSPS) is 8.71. The van der Waals surface area contributed by atoms with Gasteiger partial charge in [-0.2, -0.15) is 0 Å². The third-order valence-corrected chi connectivity index (χ3v) is 0. The van der Waals surface area contributed by atoms with E-state index in [-0.39, 0.29) is 48.0 Å². The van der Waals surface area contributed by atoms with Crippen molar-refractivity contribution in [2.75, 3.05) is 0 Å². The van der Waals surface area contributed by atoms with Crippen molar-refractivity contribution in [1.82, 2.24) is 0 Å². The van der Waals surface area contributed by atoms with Crippen LogP contribution in [0.2, 0.25) is 4.28 Å². The largest absolute Gasteiger partial charge is 1.00 e. The van der Waals surface area contributed by atoms with Crippen molar-refractivity contribution in [3.05, 3.63) is 0 Å². The Morgan fingerprint density at radius 2 is 1.00 bits per heavy atom. The number of rotatable bonds is 0. The molecule has 42 valence electrons. The minimum atomic E-state index is 0. The molecule has 0 aromatic rings. The quantitative estimate of drug-likeness (QED) is 0.308. The molecular formula is C4H9AlI2. The van der Waals surface area contributed by atoms with Crippen LogP contribution in [0.4, 0.5) is 0 Å². The summed E-state index contributed by atoms with van der Waals surface area (Å²) in [5.74, 6) is 0. The van der Waals surface area contributed by atoms with Gasteiger partial charge < -0.3 is 48.0 Å². The van der Waals surface area contributed by atoms with E-state index in [0.29, 0.717) is 4.28 Å². The SMILES string of the molecule is C[C](C)(C)[Al+2].[I-].[I-]. The van der Waals surface area contributed by atoms with Gasteiger partial charge in [-0.3, -0.25) is 0 Å². The van der Waals surface area contributed by atoms with E-state index in [1.54, 1.807) is 0 Å². The van der Waals surface area contributed by atoms with Gasteiger partial charge in [0.1, 0.15) is 0 Å². The van der Waals surface area contributed by atoms with E-state index in [9.17, 15) is 0 Å². The fraction of sp³-hybridized carbons (Fsp3) is 1.00. The van der Waals surface area contributed by atoms with E-state index in [4.69, 9.17) is 0 Å². The Hall–Kier alpha value is 1.99. The predicted molar refractivity (Wildman–Crippen MR) is 25.5 cm³/mol. The molecule has 0 saturated heterocycles. The molecule has 0 nitrogen and oxygen atoms in total. The molecule has 0 bridgehead atoms. The van der Waals surface area contributed by atoms with Gasteiger partial charge in [0.15, 0.2) is 0 Å². The molecule has 0 aliphatic heterocycles. The standard InChI is InChI=1S/C4H9.Al.2HI/c1-4(2)3;;;/h1-3H3;;2*1H/q;+2;;/p-2. The van der Waals surface area contributed by atoms with Crippen molar-refractivity contribution >= 4 is 16.3 Å². The third kappa shape index (κ3) is 72.3. The number of hydrogen-bond acceptors (Lipinski definition) is 0. The van der Waals surface area contributed by atoms with Crippen molar-refractivity contribution in [2.45, 2.75) is 25.0 Å². The molecule has 3 heteroatoms. The monoisotopic (exact) mass is 338 g/mol. The van der Waals surface area contributed by atoms with Crippen LogP contribution in [0.25, 0.3) is 0 Å². The van der Waals surface area contributed by atoms with E-state index in [1.807, 2.05) is 0 Å². The van der Waals surface area contributed by atoms with Gasteiger partial charge in [-0.1, -0.05) is 0 Å². The van der Waals surface area contributed by atoms with Gasteiger partial charge in [-0.05, 0) is 0 Å². The molecule has 7 heavy (non-hydrogen) atoms. The van der Waals surface area contributed by atoms with E-state index in [1.165, 1.54) is 0 Å². The maximum atomic E-state index is 2.72. The Labute approximate surface area is 88.3 Å². The maximum Gasteiger partial charge on any atom is -1.00 e. The van der Waals surface area contributed by atoms with Gasteiger partial charge in [0.2, 0.25) is 0 Å². The van der Waals surface area contributed by atoms with Crippen LogP contribution in [0, 0.1) is 0 Å². The Morgan fingerprint density at radius 3 is 1.00 bits per heavy atom. The van der Waals surface area contributed by atoms with Gasteiger partial charge in [0.25, 0.3) is 0 Å². The minimum Gasteiger partial charge on any atom is -1.00 e. The summed E-state index contributed by atoms with van der Waals surface area (Å²) in [6, 6.07) is 0. The molecule has 0 radical (unpaired) electrons. The van der Waals surface area contributed by atoms with Gasteiger partial charge in [-0.25, -0.2) is 0 Å². The first-order valence-electron chi connectivity index (χ1n) is 1.79. The molecule has 0 N–H and O–H groups in total. The van der Waals surface area contributed by atoms with Crippen molar-refractivity contribution in [3.8, 4) is 0 Å². The Balaban J connectivity index is -0.0000000800. The summed E-state index contributed by atoms with van der Waals surface area (Å²) in [7, 11) is 0. The molecule has 0 aliphatic rings. The number of hydrogen-bond donors (Lipinski definition) is 0. The molecule has 0 fully saturated rings. The third-order valence-electron chi connectivity index (χ3n) is 0. The summed E-state index contributed by atoms with van der Waals surface area (Å²) in [5, 5.41) is 0. The van der Waals surface area contributed by atoms with Gasteiger partial charge >= 0.3 is 41.3 Å². The second-order valence-corrected chi connectivity index (χ2v) is 4.10. The zero-order chi connectivity index (χ0) is 4.50. The fourth-order valence-corrected chi connectivity index (χ4v) is 0. The minimum absolute atomic E-state index is 0. The van der Waals surface area contributed by atoms with E-state index in [0.717, 1.165) is 0 Å². The first kappa shape index (κ1) is 16.0. The summed E-state index contributed by atoms with van der Waals surface area (Å²) >= 11 is 2.72. The molecular weight excluding hydrogens is 329 g/mol. The van der Waals surface area contributed by atoms with Crippen molar-refractivity contribution in [1.29, 1.82) is 0 Å². The molecule has 0 unspecified atom stereocenters. The smallest absolute Gasteiger partial charge is 1.00 e. The Bertz CT molecular complexity index is 25.2. The molecule has 0 rings (SSSR count). The number of halogens is 2. The van der Waals surface area contributed by atoms with Crippen LogP contribution in [0.1, 0.15) is 20.8 Å². The summed E-state index contributed by atoms with van der Waals surface area (Å²) in [5.41, 5.74) is 0. The van der Waals surface area contributed by atoms with Gasteiger partial charge in [0.05, 0.1) is 0 Å². The second kappa shape index (κ2) is 6.12. The molecule has 0 aliphatic carbocycles. The Kier molecular flexibility index (Phi) is 14.0. The van der Waals surface area contributed by atoms with Crippen LogP contribution >= 0.6 is 0 Å².